The van der Waals surface area contributed by atoms with E-state index < -0.39 is 0 Å². The zero-order chi connectivity index (χ0) is 19.5. The van der Waals surface area contributed by atoms with Crippen LogP contribution in [0, 0.1) is 0 Å². The third-order valence-electron chi connectivity index (χ3n) is 5.04. The van der Waals surface area contributed by atoms with E-state index in [4.69, 9.17) is 0 Å². The van der Waals surface area contributed by atoms with Gasteiger partial charge in [-0.25, -0.2) is 0 Å². The van der Waals surface area contributed by atoms with E-state index in [-0.39, 0.29) is 0 Å². The molecule has 29 heavy (non-hydrogen) atoms. The molecule has 4 aromatic carbocycles. The first-order valence-corrected chi connectivity index (χ1v) is 9.61. The molecular formula is C26H19N3. The maximum Gasteiger partial charge on any atom is 0.121 e. The minimum Gasteiger partial charge on any atom is -0.197 e. The maximum atomic E-state index is 4.57. The minimum absolute atomic E-state index is 0.844. The van der Waals surface area contributed by atoms with Crippen LogP contribution >= 0.6 is 0 Å². The van der Waals surface area contributed by atoms with E-state index in [2.05, 4.69) is 88.2 Å². The van der Waals surface area contributed by atoms with Crippen LogP contribution in [0.25, 0.3) is 33.7 Å². The van der Waals surface area contributed by atoms with Crippen molar-refractivity contribution in [1.29, 1.82) is 0 Å². The Morgan fingerprint density at radius 3 is 2.17 bits per heavy atom. The summed E-state index contributed by atoms with van der Waals surface area (Å²) >= 11 is 0. The second-order valence-corrected chi connectivity index (χ2v) is 6.88. The Hall–Kier alpha value is -3.98. The van der Waals surface area contributed by atoms with Crippen molar-refractivity contribution >= 4 is 22.4 Å². The van der Waals surface area contributed by atoms with Gasteiger partial charge in [0, 0.05) is 11.1 Å². The van der Waals surface area contributed by atoms with E-state index in [1.807, 2.05) is 36.4 Å². The predicted octanol–water partition coefficient (Wildman–Crippen LogP) is 6.21. The van der Waals surface area contributed by atoms with Gasteiger partial charge in [0.25, 0.3) is 0 Å². The highest BCUT2D eigenvalue weighted by atomic mass is 15.3. The van der Waals surface area contributed by atoms with Crippen molar-refractivity contribution in [3.05, 3.63) is 120 Å². The molecule has 0 aliphatic rings. The number of H-pyrrole nitrogens is 1. The van der Waals surface area contributed by atoms with Crippen molar-refractivity contribution in [3.63, 3.8) is 0 Å². The molecule has 0 spiro atoms. The summed E-state index contributed by atoms with van der Waals surface area (Å²) in [4.78, 5) is 0. The Labute approximate surface area is 169 Å². The summed E-state index contributed by atoms with van der Waals surface area (Å²) in [5.41, 5.74) is 6.03. The normalized spacial score (nSPS) is 11.7. The second-order valence-electron chi connectivity index (χ2n) is 6.88. The molecule has 0 bridgehead atoms. The maximum absolute atomic E-state index is 4.57. The molecule has 0 saturated carbocycles. The van der Waals surface area contributed by atoms with Gasteiger partial charge in [-0.15, -0.1) is 0 Å². The molecule has 0 amide bonds. The third kappa shape index (κ3) is 3.34. The lowest BCUT2D eigenvalue weighted by molar-refractivity contribution is 0.938. The first-order chi connectivity index (χ1) is 14.4. The Bertz CT molecular complexity index is 1280. The average molecular weight is 373 g/mol. The largest absolute Gasteiger partial charge is 0.197 e. The van der Waals surface area contributed by atoms with Crippen LogP contribution in [0.1, 0.15) is 16.8 Å². The highest BCUT2D eigenvalue weighted by Gasteiger charge is 2.18. The molecule has 1 N–H and O–H groups in total. The highest BCUT2D eigenvalue weighted by Crippen LogP contribution is 2.34. The van der Waals surface area contributed by atoms with Crippen molar-refractivity contribution in [3.8, 4) is 11.3 Å². The van der Waals surface area contributed by atoms with E-state index in [0.29, 0.717) is 0 Å². The molecule has 3 nitrogen and oxygen atoms in total. The number of hydrogen-bond acceptors (Lipinski definition) is 2. The summed E-state index contributed by atoms with van der Waals surface area (Å²) in [6.45, 7) is 0. The molecule has 0 unspecified atom stereocenters. The van der Waals surface area contributed by atoms with E-state index in [1.54, 1.807) is 0 Å². The highest BCUT2D eigenvalue weighted by molar-refractivity contribution is 6.01. The molecule has 1 aromatic heterocycles. The molecule has 0 aliphatic carbocycles. The molecule has 5 aromatic rings. The SMILES string of the molecule is C(=C(c1ccccc1)c1n[nH]nc1-c1cccc2ccccc12)c1ccccc1. The van der Waals surface area contributed by atoms with Crippen LogP contribution in [0.3, 0.4) is 0 Å². The number of benzene rings is 4. The molecule has 0 aliphatic heterocycles. The van der Waals surface area contributed by atoms with Gasteiger partial charge >= 0.3 is 0 Å². The van der Waals surface area contributed by atoms with Gasteiger partial charge in [0.1, 0.15) is 11.4 Å². The van der Waals surface area contributed by atoms with Gasteiger partial charge in [-0.05, 0) is 28.0 Å². The molecule has 0 saturated heterocycles. The molecule has 0 atom stereocenters. The fourth-order valence-corrected chi connectivity index (χ4v) is 3.66. The van der Waals surface area contributed by atoms with Crippen LogP contribution in [-0.4, -0.2) is 15.4 Å². The lowest BCUT2D eigenvalue weighted by Crippen LogP contribution is -1.93. The van der Waals surface area contributed by atoms with Crippen molar-refractivity contribution in [1.82, 2.24) is 15.4 Å². The van der Waals surface area contributed by atoms with Crippen LogP contribution < -0.4 is 0 Å². The summed E-state index contributed by atoms with van der Waals surface area (Å²) in [5.74, 6) is 0. The number of aromatic nitrogens is 3. The molecule has 138 valence electrons. The monoisotopic (exact) mass is 373 g/mol. The minimum atomic E-state index is 0.844. The summed E-state index contributed by atoms with van der Waals surface area (Å²) in [7, 11) is 0. The van der Waals surface area contributed by atoms with Gasteiger partial charge in [-0.1, -0.05) is 103 Å². The predicted molar refractivity (Wildman–Crippen MR) is 119 cm³/mol. The van der Waals surface area contributed by atoms with Gasteiger partial charge in [0.05, 0.1) is 0 Å². The summed E-state index contributed by atoms with van der Waals surface area (Å²) in [6.07, 6.45) is 2.17. The fraction of sp³-hybridized carbons (Fsp3) is 0. The third-order valence-corrected chi connectivity index (χ3v) is 5.04. The van der Waals surface area contributed by atoms with E-state index in [0.717, 1.165) is 39.0 Å². The van der Waals surface area contributed by atoms with Gasteiger partial charge in [-0.2, -0.15) is 15.4 Å². The van der Waals surface area contributed by atoms with E-state index in [1.165, 1.54) is 5.39 Å². The van der Waals surface area contributed by atoms with Crippen LogP contribution in [0.5, 0.6) is 0 Å². The smallest absolute Gasteiger partial charge is 0.121 e. The zero-order valence-electron chi connectivity index (χ0n) is 15.8. The van der Waals surface area contributed by atoms with Crippen molar-refractivity contribution < 1.29 is 0 Å². The van der Waals surface area contributed by atoms with Crippen molar-refractivity contribution in [2.24, 2.45) is 0 Å². The lowest BCUT2D eigenvalue weighted by atomic mass is 9.94. The first kappa shape index (κ1) is 17.1. The van der Waals surface area contributed by atoms with Gasteiger partial charge in [0.2, 0.25) is 0 Å². The number of rotatable bonds is 4. The molecule has 3 heteroatoms. The number of fused-ring (bicyclic) bond motifs is 1. The number of nitrogens with zero attached hydrogens (tertiary/aromatic N) is 2. The topological polar surface area (TPSA) is 41.6 Å². The van der Waals surface area contributed by atoms with Crippen LogP contribution in [0.15, 0.2) is 103 Å². The first-order valence-electron chi connectivity index (χ1n) is 9.61. The van der Waals surface area contributed by atoms with Crippen LogP contribution in [-0.2, 0) is 0 Å². The van der Waals surface area contributed by atoms with Gasteiger partial charge < -0.3 is 0 Å². The zero-order valence-corrected chi connectivity index (χ0v) is 15.8. The Balaban J connectivity index is 1.74. The quantitative estimate of drug-likeness (QED) is 0.380. The van der Waals surface area contributed by atoms with Gasteiger partial charge in [0.15, 0.2) is 0 Å². The second kappa shape index (κ2) is 7.56. The van der Waals surface area contributed by atoms with Crippen LogP contribution in [0.4, 0.5) is 0 Å². The van der Waals surface area contributed by atoms with E-state index in [9.17, 15) is 0 Å². The molecule has 5 rings (SSSR count). The van der Waals surface area contributed by atoms with Crippen molar-refractivity contribution in [2.45, 2.75) is 0 Å². The molecular weight excluding hydrogens is 354 g/mol. The fourth-order valence-electron chi connectivity index (χ4n) is 3.66. The standard InChI is InChI=1S/C26H19N3/c1-3-10-19(11-4-1)18-24(21-12-5-2-6-13-21)26-25(27-29-28-26)23-17-9-15-20-14-7-8-16-22(20)23/h1-18H,(H,27,28,29). The lowest BCUT2D eigenvalue weighted by Gasteiger charge is -2.10. The number of aromatic amines is 1. The average Bonchev–Trinajstić information content (AvgIpc) is 3.28. The molecule has 0 radical (unpaired) electrons. The Morgan fingerprint density at radius 1 is 0.655 bits per heavy atom. The summed E-state index contributed by atoms with van der Waals surface area (Å²) in [5, 5.41) is 14.3. The number of hydrogen-bond donors (Lipinski definition) is 1. The number of nitrogens with one attached hydrogen (secondary N) is 1. The van der Waals surface area contributed by atoms with Crippen molar-refractivity contribution in [2.75, 3.05) is 0 Å². The summed E-state index contributed by atoms with van der Waals surface area (Å²) in [6, 6.07) is 35.3. The Morgan fingerprint density at radius 2 is 1.34 bits per heavy atom. The van der Waals surface area contributed by atoms with Crippen LogP contribution in [0.2, 0.25) is 0 Å². The molecule has 0 fully saturated rings. The summed E-state index contributed by atoms with van der Waals surface area (Å²) < 4.78 is 0. The van der Waals surface area contributed by atoms with E-state index >= 15 is 0 Å². The van der Waals surface area contributed by atoms with Gasteiger partial charge in [-0.3, -0.25) is 0 Å². The molecule has 1 heterocycles. The Kier molecular flexibility index (Phi) is 4.47.